The summed E-state index contributed by atoms with van der Waals surface area (Å²) in [4.78, 5) is 15.6. The van der Waals surface area contributed by atoms with Gasteiger partial charge in [-0.05, 0) is 35.7 Å². The molecular formula is C20H22F3N3O. The minimum Gasteiger partial charge on any atom is -0.366 e. The Morgan fingerprint density at radius 3 is 2.15 bits per heavy atom. The van der Waals surface area contributed by atoms with E-state index >= 15 is 0 Å². The lowest BCUT2D eigenvalue weighted by atomic mass is 10.0. The zero-order valence-corrected chi connectivity index (χ0v) is 15.3. The summed E-state index contributed by atoms with van der Waals surface area (Å²) in [5.74, 6) is -3.46. The molecule has 144 valence electrons. The lowest BCUT2D eigenvalue weighted by Gasteiger charge is -2.36. The number of urea groups is 1. The van der Waals surface area contributed by atoms with Gasteiger partial charge in [0.1, 0.15) is 0 Å². The topological polar surface area (TPSA) is 35.6 Å². The molecule has 0 unspecified atom stereocenters. The van der Waals surface area contributed by atoms with Gasteiger partial charge in [0.25, 0.3) is 0 Å². The fourth-order valence-corrected chi connectivity index (χ4v) is 3.06. The largest absolute Gasteiger partial charge is 0.366 e. The van der Waals surface area contributed by atoms with Crippen LogP contribution in [0.2, 0.25) is 0 Å². The minimum atomic E-state index is -1.47. The molecule has 1 N–H and O–H groups in total. The second-order valence-corrected chi connectivity index (χ2v) is 6.88. The molecule has 0 atom stereocenters. The summed E-state index contributed by atoms with van der Waals surface area (Å²) in [6.07, 6.45) is 0. The molecule has 0 saturated carbocycles. The average Bonchev–Trinajstić information content (AvgIpc) is 2.67. The number of nitrogens with zero attached hydrogens (tertiary/aromatic N) is 2. The first-order chi connectivity index (χ1) is 12.9. The molecule has 0 aliphatic carbocycles. The molecule has 3 rings (SSSR count). The Balaban J connectivity index is 1.59. The van der Waals surface area contributed by atoms with E-state index in [-0.39, 0.29) is 11.7 Å². The SMILES string of the molecule is CC(C)c1ccc(NC(=O)N2CCN(c3ccc(F)c(F)c3F)CC2)cc1. The van der Waals surface area contributed by atoms with Gasteiger partial charge in [-0.25, -0.2) is 18.0 Å². The molecule has 1 aliphatic rings. The monoisotopic (exact) mass is 377 g/mol. The highest BCUT2D eigenvalue weighted by Gasteiger charge is 2.25. The Kier molecular flexibility index (Phi) is 5.58. The van der Waals surface area contributed by atoms with Gasteiger partial charge >= 0.3 is 6.03 Å². The van der Waals surface area contributed by atoms with Gasteiger partial charge in [0.2, 0.25) is 0 Å². The van der Waals surface area contributed by atoms with E-state index in [9.17, 15) is 18.0 Å². The first-order valence-electron chi connectivity index (χ1n) is 8.91. The van der Waals surface area contributed by atoms with Gasteiger partial charge < -0.3 is 15.1 Å². The van der Waals surface area contributed by atoms with Crippen LogP contribution < -0.4 is 10.2 Å². The molecule has 1 saturated heterocycles. The third-order valence-electron chi connectivity index (χ3n) is 4.75. The van der Waals surface area contributed by atoms with Crippen LogP contribution in [0.5, 0.6) is 0 Å². The van der Waals surface area contributed by atoms with E-state index in [2.05, 4.69) is 19.2 Å². The minimum absolute atomic E-state index is 0.0123. The lowest BCUT2D eigenvalue weighted by Crippen LogP contribution is -2.50. The summed E-state index contributed by atoms with van der Waals surface area (Å²) in [6, 6.07) is 9.57. The lowest BCUT2D eigenvalue weighted by molar-refractivity contribution is 0.208. The van der Waals surface area contributed by atoms with E-state index in [1.165, 1.54) is 11.6 Å². The number of benzene rings is 2. The molecule has 1 fully saturated rings. The zero-order valence-electron chi connectivity index (χ0n) is 15.3. The smallest absolute Gasteiger partial charge is 0.321 e. The highest BCUT2D eigenvalue weighted by atomic mass is 19.2. The maximum absolute atomic E-state index is 13.9. The van der Waals surface area contributed by atoms with E-state index in [0.29, 0.717) is 37.8 Å². The summed E-state index contributed by atoms with van der Waals surface area (Å²) < 4.78 is 40.4. The van der Waals surface area contributed by atoms with Crippen LogP contribution in [0.15, 0.2) is 36.4 Å². The van der Waals surface area contributed by atoms with Crippen LogP contribution in [0.3, 0.4) is 0 Å². The second kappa shape index (κ2) is 7.90. The predicted molar refractivity (Wildman–Crippen MR) is 99.7 cm³/mol. The fraction of sp³-hybridized carbons (Fsp3) is 0.350. The summed E-state index contributed by atoms with van der Waals surface area (Å²) in [6.45, 7) is 5.58. The number of hydrogen-bond donors (Lipinski definition) is 1. The first kappa shape index (κ1) is 19.1. The number of piperazine rings is 1. The molecule has 1 heterocycles. The maximum Gasteiger partial charge on any atom is 0.321 e. The maximum atomic E-state index is 13.9. The molecule has 0 spiro atoms. The number of carbonyl (C=O) groups is 1. The normalized spacial score (nSPS) is 14.6. The number of anilines is 2. The van der Waals surface area contributed by atoms with Gasteiger partial charge in [0.15, 0.2) is 17.5 Å². The summed E-state index contributed by atoms with van der Waals surface area (Å²) in [5, 5.41) is 2.85. The van der Waals surface area contributed by atoms with Gasteiger partial charge in [-0.15, -0.1) is 0 Å². The van der Waals surface area contributed by atoms with Gasteiger partial charge in [0, 0.05) is 31.9 Å². The van der Waals surface area contributed by atoms with Crippen LogP contribution >= 0.6 is 0 Å². The Labute approximate surface area is 156 Å². The number of hydrogen-bond acceptors (Lipinski definition) is 2. The van der Waals surface area contributed by atoms with Crippen molar-refractivity contribution in [1.82, 2.24) is 4.90 Å². The van der Waals surface area contributed by atoms with E-state index in [0.717, 1.165) is 6.07 Å². The number of carbonyl (C=O) groups excluding carboxylic acids is 1. The van der Waals surface area contributed by atoms with Crippen LogP contribution in [0.4, 0.5) is 29.3 Å². The Bertz CT molecular complexity index is 816. The van der Waals surface area contributed by atoms with Crippen LogP contribution in [-0.4, -0.2) is 37.1 Å². The molecule has 2 aromatic rings. The van der Waals surface area contributed by atoms with E-state index in [1.54, 1.807) is 9.80 Å². The summed E-state index contributed by atoms with van der Waals surface area (Å²) >= 11 is 0. The summed E-state index contributed by atoms with van der Waals surface area (Å²) in [7, 11) is 0. The van der Waals surface area contributed by atoms with Crippen LogP contribution in [0.25, 0.3) is 0 Å². The third-order valence-corrected chi connectivity index (χ3v) is 4.75. The quantitative estimate of drug-likeness (QED) is 0.795. The standard InChI is InChI=1S/C20H22F3N3O/c1-13(2)14-3-5-15(6-4-14)24-20(27)26-11-9-25(10-12-26)17-8-7-16(21)18(22)19(17)23/h3-8,13H,9-12H2,1-2H3,(H,24,27). The van der Waals surface area contributed by atoms with Crippen molar-refractivity contribution in [3.63, 3.8) is 0 Å². The molecule has 7 heteroatoms. The van der Waals surface area contributed by atoms with Crippen molar-refractivity contribution >= 4 is 17.4 Å². The van der Waals surface area contributed by atoms with Gasteiger partial charge in [-0.3, -0.25) is 0 Å². The fourth-order valence-electron chi connectivity index (χ4n) is 3.06. The van der Waals surface area contributed by atoms with Crippen molar-refractivity contribution in [2.45, 2.75) is 19.8 Å². The predicted octanol–water partition coefficient (Wildman–Crippen LogP) is 4.58. The van der Waals surface area contributed by atoms with E-state index in [1.807, 2.05) is 24.3 Å². The Morgan fingerprint density at radius 2 is 1.56 bits per heavy atom. The molecule has 2 aromatic carbocycles. The number of rotatable bonds is 3. The third kappa shape index (κ3) is 4.18. The Morgan fingerprint density at radius 1 is 0.926 bits per heavy atom. The first-order valence-corrected chi connectivity index (χ1v) is 8.91. The second-order valence-electron chi connectivity index (χ2n) is 6.88. The van der Waals surface area contributed by atoms with Crippen LogP contribution in [0, 0.1) is 17.5 Å². The highest BCUT2D eigenvalue weighted by Crippen LogP contribution is 2.25. The van der Waals surface area contributed by atoms with Gasteiger partial charge in [-0.1, -0.05) is 26.0 Å². The molecule has 4 nitrogen and oxygen atoms in total. The number of nitrogens with one attached hydrogen (secondary N) is 1. The van der Waals surface area contributed by atoms with Gasteiger partial charge in [-0.2, -0.15) is 0 Å². The van der Waals surface area contributed by atoms with Crippen molar-refractivity contribution in [3.05, 3.63) is 59.4 Å². The molecule has 0 aromatic heterocycles. The molecular weight excluding hydrogens is 355 g/mol. The highest BCUT2D eigenvalue weighted by molar-refractivity contribution is 5.89. The molecule has 0 bridgehead atoms. The van der Waals surface area contributed by atoms with E-state index in [4.69, 9.17) is 0 Å². The molecule has 2 amide bonds. The van der Waals surface area contributed by atoms with Crippen LogP contribution in [-0.2, 0) is 0 Å². The molecule has 1 aliphatic heterocycles. The van der Waals surface area contributed by atoms with Crippen molar-refractivity contribution in [3.8, 4) is 0 Å². The Hall–Kier alpha value is -2.70. The zero-order chi connectivity index (χ0) is 19.6. The molecule has 27 heavy (non-hydrogen) atoms. The van der Waals surface area contributed by atoms with Gasteiger partial charge in [0.05, 0.1) is 5.69 Å². The van der Waals surface area contributed by atoms with Crippen LogP contribution in [0.1, 0.15) is 25.3 Å². The number of amides is 2. The van der Waals surface area contributed by atoms with Crippen molar-refractivity contribution in [1.29, 1.82) is 0 Å². The van der Waals surface area contributed by atoms with Crippen molar-refractivity contribution < 1.29 is 18.0 Å². The number of halogens is 3. The van der Waals surface area contributed by atoms with E-state index < -0.39 is 17.5 Å². The molecule has 0 radical (unpaired) electrons. The van der Waals surface area contributed by atoms with Crippen molar-refractivity contribution in [2.75, 3.05) is 36.4 Å². The average molecular weight is 377 g/mol. The van der Waals surface area contributed by atoms with Crippen molar-refractivity contribution in [2.24, 2.45) is 0 Å². The summed E-state index contributed by atoms with van der Waals surface area (Å²) in [5.41, 5.74) is 1.91.